The number of rotatable bonds is 2. The molecule has 22 heavy (non-hydrogen) atoms. The Morgan fingerprint density at radius 1 is 1.09 bits per heavy atom. The van der Waals surface area contributed by atoms with Crippen LogP contribution in [0.25, 0.3) is 11.0 Å². The average Bonchev–Trinajstić information content (AvgIpc) is 2.49. The maximum atomic E-state index is 12.1. The van der Waals surface area contributed by atoms with Gasteiger partial charge in [0.2, 0.25) is 0 Å². The lowest BCUT2D eigenvalue weighted by Crippen LogP contribution is -2.17. The van der Waals surface area contributed by atoms with Crippen LogP contribution in [0.4, 0.5) is 5.69 Å². The van der Waals surface area contributed by atoms with E-state index in [0.717, 1.165) is 4.47 Å². The minimum Gasteiger partial charge on any atom is -0.421 e. The van der Waals surface area contributed by atoms with Gasteiger partial charge >= 0.3 is 5.63 Å². The third kappa shape index (κ3) is 3.05. The summed E-state index contributed by atoms with van der Waals surface area (Å²) >= 11 is 9.21. The minimum atomic E-state index is -0.611. The Kier molecular flexibility index (Phi) is 4.00. The number of hydrogen-bond acceptors (Lipinski definition) is 3. The Balaban J connectivity index is 1.96. The van der Waals surface area contributed by atoms with Crippen molar-refractivity contribution in [2.24, 2.45) is 0 Å². The van der Waals surface area contributed by atoms with Crippen LogP contribution in [-0.2, 0) is 0 Å². The molecule has 0 radical (unpaired) electrons. The van der Waals surface area contributed by atoms with Crippen molar-refractivity contribution in [2.75, 3.05) is 5.32 Å². The molecule has 110 valence electrons. The van der Waals surface area contributed by atoms with Crippen molar-refractivity contribution in [3.63, 3.8) is 0 Å². The third-order valence-corrected chi connectivity index (χ3v) is 3.81. The standard InChI is InChI=1S/C16H9BrClNO3/c17-11-3-1-9(2-4-11)15(20)19-13-8-10-7-12(18)5-6-14(10)22-16(13)21/h1-8H,(H,19,20). The molecule has 0 aliphatic heterocycles. The van der Waals surface area contributed by atoms with Crippen molar-refractivity contribution in [2.45, 2.75) is 0 Å². The van der Waals surface area contributed by atoms with Crippen LogP contribution < -0.4 is 10.9 Å². The summed E-state index contributed by atoms with van der Waals surface area (Å²) in [5.74, 6) is -0.388. The van der Waals surface area contributed by atoms with Crippen LogP contribution in [0.5, 0.6) is 0 Å². The van der Waals surface area contributed by atoms with Crippen molar-refractivity contribution in [1.82, 2.24) is 0 Å². The maximum Gasteiger partial charge on any atom is 0.360 e. The summed E-state index contributed by atoms with van der Waals surface area (Å²) in [6.45, 7) is 0. The first kappa shape index (κ1) is 14.8. The van der Waals surface area contributed by atoms with E-state index in [-0.39, 0.29) is 11.6 Å². The predicted molar refractivity (Wildman–Crippen MR) is 89.6 cm³/mol. The van der Waals surface area contributed by atoms with E-state index in [1.807, 2.05) is 0 Å². The summed E-state index contributed by atoms with van der Waals surface area (Å²) in [6.07, 6.45) is 0. The molecule has 6 heteroatoms. The molecular formula is C16H9BrClNO3. The Bertz CT molecular complexity index is 919. The van der Waals surface area contributed by atoms with E-state index in [4.69, 9.17) is 16.0 Å². The fourth-order valence-corrected chi connectivity index (χ4v) is 2.42. The Morgan fingerprint density at radius 2 is 1.82 bits per heavy atom. The van der Waals surface area contributed by atoms with Crippen LogP contribution >= 0.6 is 27.5 Å². The van der Waals surface area contributed by atoms with Gasteiger partial charge in [-0.05, 0) is 48.5 Å². The van der Waals surface area contributed by atoms with E-state index < -0.39 is 5.63 Å². The van der Waals surface area contributed by atoms with Crippen LogP contribution in [0.2, 0.25) is 5.02 Å². The summed E-state index contributed by atoms with van der Waals surface area (Å²) in [5.41, 5.74) is 0.313. The molecule has 0 aliphatic carbocycles. The summed E-state index contributed by atoms with van der Waals surface area (Å²) in [5, 5.41) is 3.71. The molecule has 0 atom stereocenters. The molecule has 0 saturated heterocycles. The molecule has 0 fully saturated rings. The first-order valence-corrected chi connectivity index (χ1v) is 7.50. The zero-order valence-corrected chi connectivity index (χ0v) is 13.4. The first-order chi connectivity index (χ1) is 10.5. The van der Waals surface area contributed by atoms with Crippen LogP contribution in [0.3, 0.4) is 0 Å². The lowest BCUT2D eigenvalue weighted by Gasteiger charge is -2.05. The van der Waals surface area contributed by atoms with Gasteiger partial charge < -0.3 is 9.73 Å². The lowest BCUT2D eigenvalue weighted by atomic mass is 10.2. The average molecular weight is 379 g/mol. The Labute approximate surface area is 138 Å². The molecule has 4 nitrogen and oxygen atoms in total. The third-order valence-electron chi connectivity index (χ3n) is 3.05. The fourth-order valence-electron chi connectivity index (χ4n) is 1.98. The number of amides is 1. The largest absolute Gasteiger partial charge is 0.421 e. The van der Waals surface area contributed by atoms with Gasteiger partial charge in [-0.1, -0.05) is 27.5 Å². The maximum absolute atomic E-state index is 12.1. The van der Waals surface area contributed by atoms with Gasteiger partial charge in [-0.25, -0.2) is 4.79 Å². The molecule has 2 aromatic carbocycles. The monoisotopic (exact) mass is 377 g/mol. The van der Waals surface area contributed by atoms with Gasteiger partial charge in [0.1, 0.15) is 11.3 Å². The second kappa shape index (κ2) is 5.94. The highest BCUT2D eigenvalue weighted by atomic mass is 79.9. The number of halogens is 2. The van der Waals surface area contributed by atoms with Gasteiger partial charge in [0, 0.05) is 20.4 Å². The molecular weight excluding hydrogens is 370 g/mol. The van der Waals surface area contributed by atoms with Crippen LogP contribution in [-0.4, -0.2) is 5.91 Å². The molecule has 0 spiro atoms. The zero-order valence-electron chi connectivity index (χ0n) is 11.1. The highest BCUT2D eigenvalue weighted by Crippen LogP contribution is 2.20. The van der Waals surface area contributed by atoms with Crippen LogP contribution in [0.1, 0.15) is 10.4 Å². The molecule has 3 rings (SSSR count). The topological polar surface area (TPSA) is 59.3 Å². The molecule has 0 unspecified atom stereocenters. The van der Waals surface area contributed by atoms with Crippen molar-refractivity contribution in [3.05, 3.63) is 74.0 Å². The number of benzene rings is 2. The zero-order chi connectivity index (χ0) is 15.7. The van der Waals surface area contributed by atoms with E-state index in [1.165, 1.54) is 0 Å². The van der Waals surface area contributed by atoms with E-state index >= 15 is 0 Å². The summed E-state index contributed by atoms with van der Waals surface area (Å²) < 4.78 is 6.03. The number of hydrogen-bond donors (Lipinski definition) is 1. The molecule has 1 amide bonds. The van der Waals surface area contributed by atoms with E-state index in [0.29, 0.717) is 21.6 Å². The Morgan fingerprint density at radius 3 is 2.55 bits per heavy atom. The molecule has 1 heterocycles. The molecule has 0 bridgehead atoms. The normalized spacial score (nSPS) is 10.6. The summed E-state index contributed by atoms with van der Waals surface area (Å²) in [7, 11) is 0. The smallest absolute Gasteiger partial charge is 0.360 e. The summed E-state index contributed by atoms with van der Waals surface area (Å²) in [4.78, 5) is 24.1. The van der Waals surface area contributed by atoms with Gasteiger partial charge in [0.05, 0.1) is 0 Å². The molecule has 1 aromatic heterocycles. The second-order valence-corrected chi connectivity index (χ2v) is 5.94. The van der Waals surface area contributed by atoms with Crippen molar-refractivity contribution < 1.29 is 9.21 Å². The molecule has 0 saturated carbocycles. The highest BCUT2D eigenvalue weighted by Gasteiger charge is 2.11. The van der Waals surface area contributed by atoms with Gasteiger partial charge in [-0.3, -0.25) is 4.79 Å². The van der Waals surface area contributed by atoms with Crippen LogP contribution in [0.15, 0.2) is 62.2 Å². The van der Waals surface area contributed by atoms with E-state index in [9.17, 15) is 9.59 Å². The first-order valence-electron chi connectivity index (χ1n) is 6.33. The predicted octanol–water partition coefficient (Wildman–Crippen LogP) is 4.46. The SMILES string of the molecule is O=C(Nc1cc2cc(Cl)ccc2oc1=O)c1ccc(Br)cc1. The number of carbonyl (C=O) groups is 1. The van der Waals surface area contributed by atoms with Gasteiger partial charge in [0.25, 0.3) is 5.91 Å². The number of nitrogens with one attached hydrogen (secondary N) is 1. The van der Waals surface area contributed by atoms with Crippen molar-refractivity contribution >= 4 is 50.1 Å². The number of fused-ring (bicyclic) bond motifs is 1. The van der Waals surface area contributed by atoms with E-state index in [1.54, 1.807) is 48.5 Å². The lowest BCUT2D eigenvalue weighted by molar-refractivity contribution is 0.102. The fraction of sp³-hybridized carbons (Fsp3) is 0. The minimum absolute atomic E-state index is 0.0719. The van der Waals surface area contributed by atoms with Crippen molar-refractivity contribution in [3.8, 4) is 0 Å². The molecule has 3 aromatic rings. The number of carbonyl (C=O) groups excluding carboxylic acids is 1. The van der Waals surface area contributed by atoms with Gasteiger partial charge in [-0.2, -0.15) is 0 Å². The Hall–Kier alpha value is -2.11. The highest BCUT2D eigenvalue weighted by molar-refractivity contribution is 9.10. The quantitative estimate of drug-likeness (QED) is 0.670. The van der Waals surface area contributed by atoms with Gasteiger partial charge in [-0.15, -0.1) is 0 Å². The molecule has 0 aliphatic rings. The summed E-state index contributed by atoms with van der Waals surface area (Å²) in [6, 6.07) is 13.2. The molecule has 1 N–H and O–H groups in total. The van der Waals surface area contributed by atoms with E-state index in [2.05, 4.69) is 21.2 Å². The van der Waals surface area contributed by atoms with Gasteiger partial charge in [0.15, 0.2) is 0 Å². The second-order valence-electron chi connectivity index (χ2n) is 4.59. The van der Waals surface area contributed by atoms with Crippen molar-refractivity contribution in [1.29, 1.82) is 0 Å². The number of anilines is 1. The van der Waals surface area contributed by atoms with Crippen LogP contribution in [0, 0.1) is 0 Å².